The van der Waals surface area contributed by atoms with E-state index < -0.39 is 9.84 Å². The molecule has 0 aliphatic carbocycles. The summed E-state index contributed by atoms with van der Waals surface area (Å²) in [7, 11) is -3.38. The Bertz CT molecular complexity index is 527. The molecule has 1 saturated heterocycles. The van der Waals surface area contributed by atoms with Crippen molar-refractivity contribution in [2.75, 3.05) is 0 Å². The highest BCUT2D eigenvalue weighted by Crippen LogP contribution is 2.33. The molecule has 0 aromatic heterocycles. The Morgan fingerprint density at radius 2 is 1.88 bits per heavy atom. The van der Waals surface area contributed by atoms with E-state index in [1.54, 1.807) is 30.3 Å². The van der Waals surface area contributed by atoms with Crippen LogP contribution < -0.4 is 0 Å². The van der Waals surface area contributed by atoms with Gasteiger partial charge in [-0.15, -0.1) is 0 Å². The van der Waals surface area contributed by atoms with Gasteiger partial charge in [0.1, 0.15) is 11.4 Å². The Kier molecular flexibility index (Phi) is 3.00. The SMILES string of the molecule is CC1(C)CC/C(=C/S(=O)(=O)c2ccccc2)O1. The summed E-state index contributed by atoms with van der Waals surface area (Å²) >= 11 is 0. The second-order valence-electron chi connectivity index (χ2n) is 4.80. The average Bonchev–Trinajstić information content (AvgIpc) is 2.58. The maximum atomic E-state index is 12.0. The molecule has 1 aliphatic heterocycles. The maximum absolute atomic E-state index is 12.0. The van der Waals surface area contributed by atoms with Crippen molar-refractivity contribution in [1.82, 2.24) is 0 Å². The summed E-state index contributed by atoms with van der Waals surface area (Å²) in [6, 6.07) is 8.40. The molecule has 0 radical (unpaired) electrons. The molecule has 92 valence electrons. The average molecular weight is 252 g/mol. The predicted octanol–water partition coefficient (Wildman–Crippen LogP) is 2.89. The molecule has 0 unspecified atom stereocenters. The number of hydrogen-bond acceptors (Lipinski definition) is 3. The van der Waals surface area contributed by atoms with Crippen LogP contribution in [0.3, 0.4) is 0 Å². The van der Waals surface area contributed by atoms with Crippen LogP contribution in [0.4, 0.5) is 0 Å². The van der Waals surface area contributed by atoms with Crippen LogP contribution in [-0.4, -0.2) is 14.0 Å². The third-order valence-corrected chi connectivity index (χ3v) is 4.24. The van der Waals surface area contributed by atoms with Crippen molar-refractivity contribution >= 4 is 9.84 Å². The Morgan fingerprint density at radius 1 is 1.24 bits per heavy atom. The van der Waals surface area contributed by atoms with Crippen LogP contribution >= 0.6 is 0 Å². The van der Waals surface area contributed by atoms with E-state index >= 15 is 0 Å². The zero-order valence-electron chi connectivity index (χ0n) is 10.0. The summed E-state index contributed by atoms with van der Waals surface area (Å²) in [6.45, 7) is 3.92. The predicted molar refractivity (Wildman–Crippen MR) is 66.1 cm³/mol. The van der Waals surface area contributed by atoms with Gasteiger partial charge in [0.2, 0.25) is 9.84 Å². The van der Waals surface area contributed by atoms with Gasteiger partial charge in [-0.05, 0) is 32.4 Å². The highest BCUT2D eigenvalue weighted by molar-refractivity contribution is 7.94. The standard InChI is InChI=1S/C13H16O3S/c1-13(2)9-8-11(16-13)10-17(14,15)12-6-4-3-5-7-12/h3-7,10H,8-9H2,1-2H3/b11-10-. The summed E-state index contributed by atoms with van der Waals surface area (Å²) in [6.07, 6.45) is 1.53. The Morgan fingerprint density at radius 3 is 2.41 bits per heavy atom. The minimum atomic E-state index is -3.38. The summed E-state index contributed by atoms with van der Waals surface area (Å²) in [5, 5.41) is 1.25. The molecule has 17 heavy (non-hydrogen) atoms. The van der Waals surface area contributed by atoms with Crippen molar-refractivity contribution in [2.24, 2.45) is 0 Å². The molecule has 0 N–H and O–H groups in total. The van der Waals surface area contributed by atoms with Crippen LogP contribution in [0, 0.1) is 0 Å². The molecule has 3 nitrogen and oxygen atoms in total. The summed E-state index contributed by atoms with van der Waals surface area (Å²) in [5.74, 6) is 0.554. The zero-order valence-corrected chi connectivity index (χ0v) is 10.8. The van der Waals surface area contributed by atoms with E-state index in [1.807, 2.05) is 13.8 Å². The molecule has 1 aromatic carbocycles. The summed E-state index contributed by atoms with van der Waals surface area (Å²) in [4.78, 5) is 0.306. The van der Waals surface area contributed by atoms with Crippen LogP contribution in [0.15, 0.2) is 46.4 Å². The highest BCUT2D eigenvalue weighted by Gasteiger charge is 2.29. The Balaban J connectivity index is 2.28. The van der Waals surface area contributed by atoms with Crippen LogP contribution in [0.25, 0.3) is 0 Å². The monoisotopic (exact) mass is 252 g/mol. The Hall–Kier alpha value is -1.29. The molecule has 4 heteroatoms. The Labute approximate surface area is 102 Å². The number of sulfone groups is 1. The van der Waals surface area contributed by atoms with Crippen molar-refractivity contribution in [1.29, 1.82) is 0 Å². The number of rotatable bonds is 2. The molecule has 0 bridgehead atoms. The lowest BCUT2D eigenvalue weighted by Crippen LogP contribution is -2.15. The van der Waals surface area contributed by atoms with Crippen molar-refractivity contribution in [3.8, 4) is 0 Å². The lowest BCUT2D eigenvalue weighted by Gasteiger charge is -2.16. The largest absolute Gasteiger partial charge is 0.491 e. The quantitative estimate of drug-likeness (QED) is 0.813. The summed E-state index contributed by atoms with van der Waals surface area (Å²) < 4.78 is 29.7. The van der Waals surface area contributed by atoms with Gasteiger partial charge < -0.3 is 4.74 Å². The molecule has 0 saturated carbocycles. The van der Waals surface area contributed by atoms with Gasteiger partial charge in [-0.2, -0.15) is 0 Å². The first-order chi connectivity index (χ1) is 7.89. The van der Waals surface area contributed by atoms with Crippen LogP contribution in [0.2, 0.25) is 0 Å². The molecular weight excluding hydrogens is 236 g/mol. The molecular formula is C13H16O3S. The van der Waals surface area contributed by atoms with Crippen LogP contribution in [0.1, 0.15) is 26.7 Å². The normalized spacial score (nSPS) is 21.4. The van der Waals surface area contributed by atoms with Crippen molar-refractivity contribution in [3.05, 3.63) is 41.5 Å². The first kappa shape index (κ1) is 12.2. The highest BCUT2D eigenvalue weighted by atomic mass is 32.2. The first-order valence-corrected chi connectivity index (χ1v) is 7.13. The van der Waals surface area contributed by atoms with E-state index in [4.69, 9.17) is 4.74 Å². The van der Waals surface area contributed by atoms with Gasteiger partial charge in [-0.1, -0.05) is 18.2 Å². The van der Waals surface area contributed by atoms with Gasteiger partial charge in [0.25, 0.3) is 0 Å². The first-order valence-electron chi connectivity index (χ1n) is 5.59. The van der Waals surface area contributed by atoms with E-state index in [1.165, 1.54) is 5.41 Å². The molecule has 0 atom stereocenters. The number of benzene rings is 1. The smallest absolute Gasteiger partial charge is 0.203 e. The lowest BCUT2D eigenvalue weighted by atomic mass is 10.1. The van der Waals surface area contributed by atoms with Crippen molar-refractivity contribution in [3.63, 3.8) is 0 Å². The van der Waals surface area contributed by atoms with Crippen molar-refractivity contribution < 1.29 is 13.2 Å². The second kappa shape index (κ2) is 4.18. The van der Waals surface area contributed by atoms with Gasteiger partial charge in [0, 0.05) is 6.42 Å². The van der Waals surface area contributed by atoms with Gasteiger partial charge >= 0.3 is 0 Å². The fraction of sp³-hybridized carbons (Fsp3) is 0.385. The molecule has 2 rings (SSSR count). The van der Waals surface area contributed by atoms with Gasteiger partial charge in [-0.25, -0.2) is 8.42 Å². The van der Waals surface area contributed by atoms with Crippen LogP contribution in [0.5, 0.6) is 0 Å². The third-order valence-electron chi connectivity index (χ3n) is 2.74. The fourth-order valence-corrected chi connectivity index (χ4v) is 3.00. The van der Waals surface area contributed by atoms with Crippen molar-refractivity contribution in [2.45, 2.75) is 37.2 Å². The molecule has 0 amide bonds. The van der Waals surface area contributed by atoms with E-state index in [-0.39, 0.29) is 5.60 Å². The van der Waals surface area contributed by atoms with E-state index in [0.29, 0.717) is 17.1 Å². The summed E-state index contributed by atoms with van der Waals surface area (Å²) in [5.41, 5.74) is -0.252. The van der Waals surface area contributed by atoms with E-state index in [2.05, 4.69) is 0 Å². The molecule has 0 spiro atoms. The number of allylic oxidation sites excluding steroid dienone is 1. The van der Waals surface area contributed by atoms with Crippen LogP contribution in [-0.2, 0) is 14.6 Å². The van der Waals surface area contributed by atoms with Gasteiger partial charge in [-0.3, -0.25) is 0 Å². The molecule has 1 aromatic rings. The second-order valence-corrected chi connectivity index (χ2v) is 6.60. The molecule has 1 fully saturated rings. The number of hydrogen-bond donors (Lipinski definition) is 0. The fourth-order valence-electron chi connectivity index (χ4n) is 1.82. The molecule has 1 aliphatic rings. The minimum absolute atomic E-state index is 0.252. The van der Waals surface area contributed by atoms with E-state index in [0.717, 1.165) is 6.42 Å². The van der Waals surface area contributed by atoms with Gasteiger partial charge in [0.05, 0.1) is 10.3 Å². The molecule has 1 heterocycles. The number of ether oxygens (including phenoxy) is 1. The maximum Gasteiger partial charge on any atom is 0.203 e. The zero-order chi connectivity index (χ0) is 12.5. The van der Waals surface area contributed by atoms with Gasteiger partial charge in [0.15, 0.2) is 0 Å². The van der Waals surface area contributed by atoms with E-state index in [9.17, 15) is 8.42 Å². The third kappa shape index (κ3) is 2.88. The minimum Gasteiger partial charge on any atom is -0.491 e. The lowest BCUT2D eigenvalue weighted by molar-refractivity contribution is 0.0770. The topological polar surface area (TPSA) is 43.4 Å².